The molecule has 1 aromatic carbocycles. The van der Waals surface area contributed by atoms with Crippen LogP contribution in [0.2, 0.25) is 5.02 Å². The lowest BCUT2D eigenvalue weighted by atomic mass is 9.82. The van der Waals surface area contributed by atoms with Crippen LogP contribution < -0.4 is 5.32 Å². The lowest BCUT2D eigenvalue weighted by Crippen LogP contribution is -2.58. The number of aliphatic carboxylic acids is 1. The summed E-state index contributed by atoms with van der Waals surface area (Å²) in [6, 6.07) is 1.04. The normalized spacial score (nSPS) is 25.5. The number of halogens is 3. The molecule has 0 radical (unpaired) electrons. The van der Waals surface area contributed by atoms with Gasteiger partial charge in [-0.3, -0.25) is 14.7 Å². The summed E-state index contributed by atoms with van der Waals surface area (Å²) in [5.74, 6) is -3.48. The van der Waals surface area contributed by atoms with Crippen LogP contribution in [0.25, 0.3) is 0 Å². The van der Waals surface area contributed by atoms with Crippen LogP contribution in [-0.4, -0.2) is 71.7 Å². The van der Waals surface area contributed by atoms with Gasteiger partial charge < -0.3 is 19.9 Å². The number of carbonyl (C=O) groups excluding carboxylic acids is 1. The number of fused-ring (bicyclic) bond motifs is 2. The molecule has 2 saturated heterocycles. The molecule has 3 aliphatic rings. The third-order valence-electron chi connectivity index (χ3n) is 7.10. The number of hydrogen-bond donors (Lipinski definition) is 2. The molecule has 38 heavy (non-hydrogen) atoms. The monoisotopic (exact) mass is 566 g/mol. The Morgan fingerprint density at radius 3 is 2.66 bits per heavy atom. The number of carboxylic acid groups (broad SMARTS) is 1. The molecular weight excluding hydrogens is 542 g/mol. The van der Waals surface area contributed by atoms with Gasteiger partial charge in [-0.05, 0) is 24.8 Å². The first-order chi connectivity index (χ1) is 18.3. The van der Waals surface area contributed by atoms with Gasteiger partial charge >= 0.3 is 11.9 Å². The number of aliphatic imine (C=N–C) groups is 1. The minimum absolute atomic E-state index is 0.0252. The van der Waals surface area contributed by atoms with E-state index >= 15 is 0 Å². The highest BCUT2D eigenvalue weighted by molar-refractivity contribution is 7.11. The summed E-state index contributed by atoms with van der Waals surface area (Å²) in [4.78, 5) is 35.7. The van der Waals surface area contributed by atoms with Gasteiger partial charge in [0, 0.05) is 47.9 Å². The number of piperidine rings is 1. The maximum Gasteiger partial charge on any atom is 0.338 e. The Labute approximate surface area is 226 Å². The Kier molecular flexibility index (Phi) is 7.75. The number of methoxy groups -OCH3 is 1. The lowest BCUT2D eigenvalue weighted by Gasteiger charge is -2.49. The van der Waals surface area contributed by atoms with Crippen molar-refractivity contribution in [3.63, 3.8) is 0 Å². The number of carbonyl (C=O) groups is 2. The molecular formula is C25H25ClF2N4O5S. The molecule has 3 atom stereocenters. The highest BCUT2D eigenvalue weighted by Crippen LogP contribution is 2.39. The number of nitrogens with zero attached hydrogens (tertiary/aromatic N) is 3. The standard InChI is InChI=1S/C25H25ClF2N4O5S/c1-36-25(35)19-17(9-32-13-6-12(8-18(33)34)7-14(32)11-37-10-13)30-23(24-29-4-5-38-24)31-22(19)15-2-3-16(27)21(28)20(15)26/h2-5,12-14,22H,6-11H2,1H3,(H,30,31)(H,33,34)/t12?,13?,14?,22-/m0/s1. The minimum atomic E-state index is -1.23. The lowest BCUT2D eigenvalue weighted by molar-refractivity contribution is -0.141. The molecule has 0 spiro atoms. The van der Waals surface area contributed by atoms with Crippen molar-refractivity contribution in [1.29, 1.82) is 0 Å². The predicted molar refractivity (Wildman–Crippen MR) is 135 cm³/mol. The van der Waals surface area contributed by atoms with Crippen molar-refractivity contribution in [2.75, 3.05) is 26.9 Å². The van der Waals surface area contributed by atoms with Crippen LogP contribution in [0.4, 0.5) is 8.78 Å². The summed E-state index contributed by atoms with van der Waals surface area (Å²) in [6.45, 7) is 1.13. The number of carboxylic acids is 1. The number of esters is 1. The number of benzene rings is 1. The molecule has 0 aliphatic carbocycles. The van der Waals surface area contributed by atoms with E-state index in [1.807, 2.05) is 0 Å². The van der Waals surface area contributed by atoms with Crippen molar-refractivity contribution in [3.8, 4) is 0 Å². The molecule has 4 heterocycles. The van der Waals surface area contributed by atoms with Gasteiger partial charge in [-0.2, -0.15) is 0 Å². The largest absolute Gasteiger partial charge is 0.481 e. The molecule has 202 valence electrons. The fourth-order valence-electron chi connectivity index (χ4n) is 5.45. The Balaban J connectivity index is 1.57. The molecule has 13 heteroatoms. The molecule has 5 rings (SSSR count). The zero-order valence-electron chi connectivity index (χ0n) is 20.3. The molecule has 0 amide bonds. The first-order valence-corrected chi connectivity index (χ1v) is 13.3. The van der Waals surface area contributed by atoms with E-state index in [1.165, 1.54) is 24.5 Å². The number of rotatable bonds is 7. The van der Waals surface area contributed by atoms with Gasteiger partial charge in [0.05, 0.1) is 30.9 Å². The van der Waals surface area contributed by atoms with E-state index < -0.39 is 34.6 Å². The first-order valence-electron chi connectivity index (χ1n) is 12.0. The maximum absolute atomic E-state index is 14.5. The van der Waals surface area contributed by atoms with E-state index in [0.29, 0.717) is 42.6 Å². The second-order valence-corrected chi connectivity index (χ2v) is 10.7. The van der Waals surface area contributed by atoms with Crippen molar-refractivity contribution in [2.45, 2.75) is 37.4 Å². The minimum Gasteiger partial charge on any atom is -0.481 e. The number of ether oxygens (including phenoxy) is 2. The van der Waals surface area contributed by atoms with E-state index in [-0.39, 0.29) is 42.1 Å². The van der Waals surface area contributed by atoms with Crippen molar-refractivity contribution < 1.29 is 33.0 Å². The summed E-state index contributed by atoms with van der Waals surface area (Å²) in [5, 5.41) is 14.4. The summed E-state index contributed by atoms with van der Waals surface area (Å²) in [5.41, 5.74) is 0.700. The maximum atomic E-state index is 14.5. The third-order valence-corrected chi connectivity index (χ3v) is 8.26. The Bertz CT molecular complexity index is 1290. The summed E-state index contributed by atoms with van der Waals surface area (Å²) in [7, 11) is 1.23. The Morgan fingerprint density at radius 2 is 2.03 bits per heavy atom. The van der Waals surface area contributed by atoms with Gasteiger partial charge in [-0.1, -0.05) is 17.7 Å². The van der Waals surface area contributed by atoms with E-state index in [9.17, 15) is 23.5 Å². The predicted octanol–water partition coefficient (Wildman–Crippen LogP) is 3.55. The second kappa shape index (κ2) is 11.0. The summed E-state index contributed by atoms with van der Waals surface area (Å²) in [6.07, 6.45) is 2.97. The molecule has 2 N–H and O–H groups in total. The molecule has 2 aromatic rings. The summed E-state index contributed by atoms with van der Waals surface area (Å²) >= 11 is 7.55. The van der Waals surface area contributed by atoms with Crippen LogP contribution in [0.5, 0.6) is 0 Å². The van der Waals surface area contributed by atoms with Crippen LogP contribution in [0, 0.1) is 17.6 Å². The zero-order chi connectivity index (χ0) is 27.0. The number of amidine groups is 1. The Morgan fingerprint density at radius 1 is 1.29 bits per heavy atom. The molecule has 1 aromatic heterocycles. The van der Waals surface area contributed by atoms with Gasteiger partial charge in [-0.15, -0.1) is 11.3 Å². The average Bonchev–Trinajstić information content (AvgIpc) is 3.42. The van der Waals surface area contributed by atoms with Crippen LogP contribution in [-0.2, 0) is 19.1 Å². The second-order valence-electron chi connectivity index (χ2n) is 9.44. The molecule has 9 nitrogen and oxygen atoms in total. The molecule has 3 aliphatic heterocycles. The number of hydrogen-bond acceptors (Lipinski definition) is 9. The van der Waals surface area contributed by atoms with Crippen molar-refractivity contribution in [3.05, 3.63) is 62.2 Å². The Hall–Kier alpha value is -2.93. The smallest absolute Gasteiger partial charge is 0.338 e. The average molecular weight is 567 g/mol. The van der Waals surface area contributed by atoms with Crippen LogP contribution in [0.15, 0.2) is 40.0 Å². The van der Waals surface area contributed by atoms with E-state index in [4.69, 9.17) is 21.1 Å². The van der Waals surface area contributed by atoms with E-state index in [2.05, 4.69) is 20.2 Å². The molecule has 2 bridgehead atoms. The quantitative estimate of drug-likeness (QED) is 0.386. The highest BCUT2D eigenvalue weighted by atomic mass is 35.5. The number of nitrogens with one attached hydrogen (secondary N) is 1. The van der Waals surface area contributed by atoms with Crippen molar-refractivity contribution in [1.82, 2.24) is 15.2 Å². The number of morpholine rings is 1. The van der Waals surface area contributed by atoms with Gasteiger partial charge in [0.25, 0.3) is 0 Å². The molecule has 0 saturated carbocycles. The van der Waals surface area contributed by atoms with Crippen molar-refractivity contribution in [2.24, 2.45) is 10.9 Å². The van der Waals surface area contributed by atoms with Crippen LogP contribution in [0.3, 0.4) is 0 Å². The SMILES string of the molecule is COC(=O)C1=C(CN2C3COCC2CC(CC(=O)O)C3)NC(c2nccs2)=N[C@H]1c1ccc(F)c(F)c1Cl. The van der Waals surface area contributed by atoms with Gasteiger partial charge in [0.1, 0.15) is 6.04 Å². The first kappa shape index (κ1) is 26.7. The fraction of sp³-hybridized carbons (Fsp3) is 0.440. The van der Waals surface area contributed by atoms with E-state index in [1.54, 1.807) is 11.6 Å². The van der Waals surface area contributed by atoms with Crippen LogP contribution in [0.1, 0.15) is 35.9 Å². The molecule has 2 unspecified atom stereocenters. The highest BCUT2D eigenvalue weighted by Gasteiger charge is 2.42. The number of aromatic nitrogens is 1. The molecule has 2 fully saturated rings. The van der Waals surface area contributed by atoms with Gasteiger partial charge in [-0.25, -0.2) is 18.6 Å². The van der Waals surface area contributed by atoms with Gasteiger partial charge in [0.2, 0.25) is 0 Å². The van der Waals surface area contributed by atoms with Crippen molar-refractivity contribution >= 4 is 40.7 Å². The fourth-order valence-corrected chi connectivity index (χ4v) is 6.30. The van der Waals surface area contributed by atoms with Gasteiger partial charge in [0.15, 0.2) is 22.5 Å². The van der Waals surface area contributed by atoms with E-state index in [0.717, 1.165) is 6.07 Å². The van der Waals surface area contributed by atoms with Crippen LogP contribution >= 0.6 is 22.9 Å². The number of thiazole rings is 1. The zero-order valence-corrected chi connectivity index (χ0v) is 21.9. The summed E-state index contributed by atoms with van der Waals surface area (Å²) < 4.78 is 39.3. The topological polar surface area (TPSA) is 113 Å². The third kappa shape index (κ3) is 5.18.